The molecule has 0 fully saturated rings. The van der Waals surface area contributed by atoms with Crippen LogP contribution in [-0.4, -0.2) is 9.91 Å². The normalized spacial score (nSPS) is 11.4. The third-order valence-electron chi connectivity index (χ3n) is 3.79. The minimum Gasteiger partial charge on any atom is -0.260 e. The van der Waals surface area contributed by atoms with Gasteiger partial charge in [0.25, 0.3) is 5.69 Å². The third-order valence-corrected chi connectivity index (χ3v) is 4.69. The molecule has 0 saturated carbocycles. The van der Waals surface area contributed by atoms with Gasteiger partial charge in [-0.15, -0.1) is 5.11 Å². The molecule has 142 valence electrons. The first-order valence-electron chi connectivity index (χ1n) is 8.46. The molecule has 0 aliphatic heterocycles. The van der Waals surface area contributed by atoms with Crippen LogP contribution < -0.4 is 5.43 Å². The molecule has 4 rings (SSSR count). The van der Waals surface area contributed by atoms with Crippen LogP contribution in [0.25, 0.3) is 10.2 Å². The van der Waals surface area contributed by atoms with Gasteiger partial charge in [-0.3, -0.25) is 15.5 Å². The minimum absolute atomic E-state index is 0.0206. The first-order chi connectivity index (χ1) is 14.2. The van der Waals surface area contributed by atoms with Crippen LogP contribution in [0.1, 0.15) is 0 Å². The van der Waals surface area contributed by atoms with E-state index in [1.54, 1.807) is 30.3 Å². The van der Waals surface area contributed by atoms with Crippen LogP contribution in [0.4, 0.5) is 27.9 Å². The number of hydrogen-bond acceptors (Lipinski definition) is 8. The van der Waals surface area contributed by atoms with Crippen molar-refractivity contribution in [3.63, 3.8) is 0 Å². The average Bonchev–Trinajstić information content (AvgIpc) is 3.16. The highest BCUT2D eigenvalue weighted by Crippen LogP contribution is 2.31. The van der Waals surface area contributed by atoms with E-state index in [4.69, 9.17) is 0 Å². The Balaban J connectivity index is 1.39. The molecule has 0 atom stereocenters. The summed E-state index contributed by atoms with van der Waals surface area (Å²) in [6.45, 7) is 0. The predicted molar refractivity (Wildman–Crippen MR) is 111 cm³/mol. The Labute approximate surface area is 168 Å². The molecule has 0 radical (unpaired) electrons. The van der Waals surface area contributed by atoms with Crippen LogP contribution in [0.5, 0.6) is 0 Å². The highest BCUT2D eigenvalue weighted by Gasteiger charge is 2.09. The van der Waals surface area contributed by atoms with Crippen molar-refractivity contribution < 1.29 is 4.92 Å². The molecule has 3 aromatic carbocycles. The molecule has 0 amide bonds. The Bertz CT molecular complexity index is 1200. The summed E-state index contributed by atoms with van der Waals surface area (Å²) in [5, 5.41) is 27.5. The van der Waals surface area contributed by atoms with Gasteiger partial charge in [0.05, 0.1) is 32.2 Å². The molecular formula is C19H13N7O2S. The number of thiazole rings is 1. The largest absolute Gasteiger partial charge is 0.270 e. The molecule has 1 N–H and O–H groups in total. The second kappa shape index (κ2) is 8.31. The van der Waals surface area contributed by atoms with E-state index in [0.29, 0.717) is 21.0 Å². The van der Waals surface area contributed by atoms with Crippen LogP contribution in [0.2, 0.25) is 0 Å². The predicted octanol–water partition coefficient (Wildman–Crippen LogP) is 6.73. The van der Waals surface area contributed by atoms with Crippen LogP contribution >= 0.6 is 11.3 Å². The minimum atomic E-state index is -0.439. The standard InChI is InChI=1S/C19H13N7O2S/c27-26(28)16-10-11-17-18(12-16)29-19(20-17)24-25-23-15-8-6-14(7-9-15)22-21-13-4-2-1-3-5-13/h1-12H,(H,20,23,24). The lowest BCUT2D eigenvalue weighted by Crippen LogP contribution is -1.85. The lowest BCUT2D eigenvalue weighted by Gasteiger charge is -1.98. The van der Waals surface area contributed by atoms with E-state index in [9.17, 15) is 10.1 Å². The van der Waals surface area contributed by atoms with Gasteiger partial charge in [-0.1, -0.05) is 34.8 Å². The van der Waals surface area contributed by atoms with Crippen molar-refractivity contribution in [3.8, 4) is 0 Å². The Kier molecular flexibility index (Phi) is 5.25. The number of anilines is 1. The maximum atomic E-state index is 10.8. The number of nitro benzene ring substituents is 1. The highest BCUT2D eigenvalue weighted by molar-refractivity contribution is 7.21. The maximum absolute atomic E-state index is 10.8. The first kappa shape index (κ1) is 18.3. The maximum Gasteiger partial charge on any atom is 0.270 e. The van der Waals surface area contributed by atoms with Gasteiger partial charge in [0, 0.05) is 12.1 Å². The Morgan fingerprint density at radius 1 is 0.897 bits per heavy atom. The molecule has 10 heteroatoms. The summed E-state index contributed by atoms with van der Waals surface area (Å²) in [5.74, 6) is 0. The number of nitrogens with one attached hydrogen (secondary N) is 1. The second-order valence-electron chi connectivity index (χ2n) is 5.80. The number of rotatable bonds is 6. The van der Waals surface area contributed by atoms with Crippen molar-refractivity contribution in [2.75, 3.05) is 5.43 Å². The zero-order valence-corrected chi connectivity index (χ0v) is 15.7. The van der Waals surface area contributed by atoms with Crippen molar-refractivity contribution in [2.45, 2.75) is 0 Å². The van der Waals surface area contributed by atoms with Gasteiger partial charge in [-0.25, -0.2) is 4.98 Å². The number of nitro groups is 1. The van der Waals surface area contributed by atoms with Crippen LogP contribution in [0.3, 0.4) is 0 Å². The zero-order chi connectivity index (χ0) is 20.1. The summed E-state index contributed by atoms with van der Waals surface area (Å²) < 4.78 is 0.682. The smallest absolute Gasteiger partial charge is 0.260 e. The Morgan fingerprint density at radius 3 is 2.34 bits per heavy atom. The van der Waals surface area contributed by atoms with Crippen LogP contribution in [0, 0.1) is 10.1 Å². The van der Waals surface area contributed by atoms with E-state index in [-0.39, 0.29) is 5.69 Å². The van der Waals surface area contributed by atoms with Gasteiger partial charge >= 0.3 is 0 Å². The summed E-state index contributed by atoms with van der Waals surface area (Å²) in [6, 6.07) is 21.2. The van der Waals surface area contributed by atoms with Crippen molar-refractivity contribution in [2.24, 2.45) is 20.6 Å². The van der Waals surface area contributed by atoms with Crippen molar-refractivity contribution >= 4 is 49.4 Å². The number of non-ortho nitro benzene ring substituents is 1. The van der Waals surface area contributed by atoms with E-state index < -0.39 is 4.92 Å². The second-order valence-corrected chi connectivity index (χ2v) is 6.81. The van der Waals surface area contributed by atoms with Crippen molar-refractivity contribution in [1.29, 1.82) is 0 Å². The number of nitrogens with zero attached hydrogens (tertiary/aromatic N) is 6. The fraction of sp³-hybridized carbons (Fsp3) is 0. The molecule has 0 unspecified atom stereocenters. The molecule has 0 spiro atoms. The average molecular weight is 403 g/mol. The molecule has 0 aliphatic rings. The van der Waals surface area contributed by atoms with Gasteiger partial charge in [0.1, 0.15) is 0 Å². The molecule has 29 heavy (non-hydrogen) atoms. The lowest BCUT2D eigenvalue weighted by molar-refractivity contribution is -0.384. The number of fused-ring (bicyclic) bond motifs is 1. The monoisotopic (exact) mass is 403 g/mol. The zero-order valence-electron chi connectivity index (χ0n) is 14.8. The molecule has 0 bridgehead atoms. The van der Waals surface area contributed by atoms with E-state index in [0.717, 1.165) is 11.4 Å². The van der Waals surface area contributed by atoms with Gasteiger partial charge in [0.15, 0.2) is 0 Å². The molecule has 4 aromatic rings. The van der Waals surface area contributed by atoms with E-state index >= 15 is 0 Å². The summed E-state index contributed by atoms with van der Waals surface area (Å²) in [7, 11) is 0. The topological polar surface area (TPSA) is 118 Å². The quantitative estimate of drug-likeness (QED) is 0.218. The number of aromatic nitrogens is 1. The van der Waals surface area contributed by atoms with Crippen LogP contribution in [0.15, 0.2) is 93.4 Å². The molecule has 0 saturated heterocycles. The number of azo groups is 1. The Morgan fingerprint density at radius 2 is 1.62 bits per heavy atom. The SMILES string of the molecule is O=[N+]([O-])c1ccc2nc(/N=N/Nc3ccc(N=Nc4ccccc4)cc3)sc2c1. The molecule has 0 aliphatic carbocycles. The van der Waals surface area contributed by atoms with Gasteiger partial charge < -0.3 is 0 Å². The molecule has 9 nitrogen and oxygen atoms in total. The summed E-state index contributed by atoms with van der Waals surface area (Å²) >= 11 is 1.23. The van der Waals surface area contributed by atoms with E-state index in [1.807, 2.05) is 30.3 Å². The fourth-order valence-corrected chi connectivity index (χ4v) is 3.22. The van der Waals surface area contributed by atoms with Crippen LogP contribution in [-0.2, 0) is 0 Å². The fourth-order valence-electron chi connectivity index (χ4n) is 2.40. The molecule has 1 aromatic heterocycles. The van der Waals surface area contributed by atoms with E-state index in [1.165, 1.54) is 23.5 Å². The van der Waals surface area contributed by atoms with Gasteiger partial charge in [-0.2, -0.15) is 10.2 Å². The van der Waals surface area contributed by atoms with Crippen molar-refractivity contribution in [3.05, 3.63) is 82.9 Å². The Hall–Kier alpha value is -4.05. The van der Waals surface area contributed by atoms with E-state index in [2.05, 4.69) is 31.0 Å². The van der Waals surface area contributed by atoms with Gasteiger partial charge in [0.2, 0.25) is 5.13 Å². The summed E-state index contributed by atoms with van der Waals surface area (Å²) in [4.78, 5) is 14.7. The molecule has 1 heterocycles. The lowest BCUT2D eigenvalue weighted by atomic mass is 10.3. The van der Waals surface area contributed by atoms with Gasteiger partial charge in [-0.05, 0) is 42.5 Å². The summed E-state index contributed by atoms with van der Waals surface area (Å²) in [5.41, 5.74) is 5.69. The first-order valence-corrected chi connectivity index (χ1v) is 9.28. The number of hydrogen-bond donors (Lipinski definition) is 1. The third kappa shape index (κ3) is 4.62. The van der Waals surface area contributed by atoms with Crippen molar-refractivity contribution in [1.82, 2.24) is 4.98 Å². The molecular weight excluding hydrogens is 390 g/mol. The highest BCUT2D eigenvalue weighted by atomic mass is 32.1. The number of benzene rings is 3. The summed E-state index contributed by atoms with van der Waals surface area (Å²) in [6.07, 6.45) is 0.